The Labute approximate surface area is 166 Å². The zero-order chi connectivity index (χ0) is 21.4. The van der Waals surface area contributed by atoms with Gasteiger partial charge in [0.15, 0.2) is 0 Å². The summed E-state index contributed by atoms with van der Waals surface area (Å²) in [6.07, 6.45) is 3.99. The highest BCUT2D eigenvalue weighted by Gasteiger charge is 3.00. The summed E-state index contributed by atoms with van der Waals surface area (Å²) in [5, 5.41) is 0. The molecule has 1 aliphatic rings. The maximum atomic E-state index is 14.6. The molecule has 0 bridgehead atoms. The van der Waals surface area contributed by atoms with E-state index >= 15 is 0 Å². The Hall–Kier alpha value is 0.1000. The zero-order valence-electron chi connectivity index (χ0n) is 15.1. The first-order chi connectivity index (χ1) is 12.0. The summed E-state index contributed by atoms with van der Waals surface area (Å²) in [5.74, 6) is -25.4. The molecule has 0 aromatic heterocycles. The number of rotatable bonds is 10. The second-order valence-electron chi connectivity index (χ2n) is 7.56. The van der Waals surface area contributed by atoms with Gasteiger partial charge in [0, 0.05) is 9.84 Å². The van der Waals surface area contributed by atoms with Crippen LogP contribution in [0.25, 0.3) is 0 Å². The molecule has 0 saturated heterocycles. The molecule has 10 heteroatoms. The van der Waals surface area contributed by atoms with Crippen LogP contribution in [-0.4, -0.2) is 32.8 Å². The predicted octanol–water partition coefficient (Wildman–Crippen LogP) is 7.97. The Morgan fingerprint density at radius 1 is 0.630 bits per heavy atom. The lowest BCUT2D eigenvalue weighted by atomic mass is 9.84. The van der Waals surface area contributed by atoms with E-state index in [0.29, 0.717) is 12.8 Å². The third-order valence-electron chi connectivity index (χ3n) is 5.09. The first-order valence-electron chi connectivity index (χ1n) is 8.91. The van der Waals surface area contributed by atoms with E-state index in [-0.39, 0.29) is 6.42 Å². The molecule has 1 fully saturated rings. The molecule has 27 heavy (non-hydrogen) atoms. The van der Waals surface area contributed by atoms with E-state index < -0.39 is 39.2 Å². The van der Waals surface area contributed by atoms with Gasteiger partial charge >= 0.3 is 23.7 Å². The van der Waals surface area contributed by atoms with E-state index in [1.165, 1.54) is 22.6 Å². The first-order valence-corrected chi connectivity index (χ1v) is 9.99. The lowest BCUT2D eigenvalue weighted by Crippen LogP contribution is -2.57. The summed E-state index contributed by atoms with van der Waals surface area (Å²) < 4.78 is 121. The van der Waals surface area contributed by atoms with E-state index in [4.69, 9.17) is 0 Å². The summed E-state index contributed by atoms with van der Waals surface area (Å²) in [6.45, 7) is 3.17. The second-order valence-corrected chi connectivity index (χ2v) is 10.2. The normalized spacial score (nSPS) is 26.7. The van der Waals surface area contributed by atoms with Gasteiger partial charge in [0.2, 0.25) is 0 Å². The summed E-state index contributed by atoms with van der Waals surface area (Å²) in [4.78, 5) is 0. The highest BCUT2D eigenvalue weighted by molar-refractivity contribution is 14.1. The van der Waals surface area contributed by atoms with Crippen molar-refractivity contribution in [1.82, 2.24) is 0 Å². The van der Waals surface area contributed by atoms with E-state index in [9.17, 15) is 39.5 Å². The fourth-order valence-corrected chi connectivity index (χ4v) is 4.27. The third-order valence-corrected chi connectivity index (χ3v) is 6.01. The molecule has 0 radical (unpaired) electrons. The lowest BCUT2D eigenvalue weighted by Gasteiger charge is -2.36. The number of alkyl halides is 10. The molecular formula is C17H24F9I. The summed E-state index contributed by atoms with van der Waals surface area (Å²) in [6, 6.07) is 0. The molecule has 1 saturated carbocycles. The van der Waals surface area contributed by atoms with Crippen molar-refractivity contribution < 1.29 is 39.5 Å². The minimum atomic E-state index is -6.48. The fourth-order valence-electron chi connectivity index (χ4n) is 3.36. The van der Waals surface area contributed by atoms with E-state index in [2.05, 4.69) is 0 Å². The van der Waals surface area contributed by atoms with Gasteiger partial charge in [0.25, 0.3) is 5.67 Å². The Bertz CT molecular complexity index is 477. The molecule has 0 spiro atoms. The first kappa shape index (κ1) is 25.1. The van der Waals surface area contributed by atoms with Crippen molar-refractivity contribution in [1.29, 1.82) is 0 Å². The number of halogens is 10. The Morgan fingerprint density at radius 2 is 1.00 bits per heavy atom. The molecule has 0 N–H and O–H groups in total. The van der Waals surface area contributed by atoms with E-state index in [0.717, 1.165) is 39.0 Å². The van der Waals surface area contributed by atoms with Crippen molar-refractivity contribution in [3.63, 3.8) is 0 Å². The van der Waals surface area contributed by atoms with Crippen LogP contribution in [0.2, 0.25) is 0 Å². The van der Waals surface area contributed by atoms with Gasteiger partial charge in [-0.1, -0.05) is 81.4 Å². The van der Waals surface area contributed by atoms with Crippen LogP contribution in [0.15, 0.2) is 0 Å². The standard InChI is InChI=1S/C17H24F9I/c1-3-4-5-6-7-8-9-10-12(2,27)11-13(18)14(19,20)16(23,24)17(25,26)15(13,21)22/h3-11H2,1-2H3. The highest BCUT2D eigenvalue weighted by Crippen LogP contribution is 2.71. The Morgan fingerprint density at radius 3 is 1.41 bits per heavy atom. The smallest absolute Gasteiger partial charge is 0.230 e. The minimum Gasteiger partial charge on any atom is -0.230 e. The Balaban J connectivity index is 2.85. The molecule has 0 aliphatic heterocycles. The molecular weight excluding hydrogens is 502 g/mol. The molecule has 0 heterocycles. The molecule has 1 unspecified atom stereocenters. The van der Waals surface area contributed by atoms with Crippen LogP contribution >= 0.6 is 22.6 Å². The molecule has 162 valence electrons. The minimum absolute atomic E-state index is 0.0314. The van der Waals surface area contributed by atoms with Crippen molar-refractivity contribution in [2.24, 2.45) is 0 Å². The average molecular weight is 526 g/mol. The maximum absolute atomic E-state index is 14.6. The molecule has 1 atom stereocenters. The monoisotopic (exact) mass is 526 g/mol. The fraction of sp³-hybridized carbons (Fsp3) is 1.00. The van der Waals surface area contributed by atoms with Crippen molar-refractivity contribution >= 4 is 22.6 Å². The zero-order valence-corrected chi connectivity index (χ0v) is 17.3. The van der Waals surface area contributed by atoms with Crippen LogP contribution < -0.4 is 0 Å². The largest absolute Gasteiger partial charge is 0.381 e. The molecule has 0 aromatic rings. The molecule has 0 amide bonds. The SMILES string of the molecule is CCCCCCCCCC(C)(I)CC1(F)C(F)(F)C(F)(F)C(F)(F)C1(F)F. The molecule has 1 rings (SSSR count). The molecule has 0 aromatic carbocycles. The Kier molecular flexibility index (Phi) is 7.53. The summed E-state index contributed by atoms with van der Waals surface area (Å²) in [5.41, 5.74) is -5.34. The number of unbranched alkanes of at least 4 members (excludes halogenated alkanes) is 6. The topological polar surface area (TPSA) is 0 Å². The second kappa shape index (κ2) is 8.08. The van der Waals surface area contributed by atoms with Crippen molar-refractivity contribution in [2.75, 3.05) is 0 Å². The maximum Gasteiger partial charge on any atom is 0.381 e. The number of hydrogen-bond acceptors (Lipinski definition) is 0. The van der Waals surface area contributed by atoms with Crippen LogP contribution in [-0.2, 0) is 0 Å². The van der Waals surface area contributed by atoms with E-state index in [1.54, 1.807) is 0 Å². The van der Waals surface area contributed by atoms with Crippen LogP contribution in [0.5, 0.6) is 0 Å². The van der Waals surface area contributed by atoms with Gasteiger partial charge in [-0.05, 0) is 6.42 Å². The lowest BCUT2D eigenvalue weighted by molar-refractivity contribution is -0.303. The van der Waals surface area contributed by atoms with Gasteiger partial charge in [-0.3, -0.25) is 0 Å². The quantitative estimate of drug-likeness (QED) is 0.117. The van der Waals surface area contributed by atoms with Crippen LogP contribution in [0.3, 0.4) is 0 Å². The number of hydrogen-bond donors (Lipinski definition) is 0. The van der Waals surface area contributed by atoms with Gasteiger partial charge < -0.3 is 0 Å². The van der Waals surface area contributed by atoms with Crippen LogP contribution in [0.1, 0.15) is 71.6 Å². The van der Waals surface area contributed by atoms with Gasteiger partial charge in [-0.25, -0.2) is 4.39 Å². The van der Waals surface area contributed by atoms with E-state index in [1.807, 2.05) is 6.92 Å². The van der Waals surface area contributed by atoms with Gasteiger partial charge in [-0.2, -0.15) is 35.1 Å². The highest BCUT2D eigenvalue weighted by atomic mass is 127. The van der Waals surface area contributed by atoms with Crippen molar-refractivity contribution in [3.8, 4) is 0 Å². The van der Waals surface area contributed by atoms with Crippen molar-refractivity contribution in [2.45, 2.75) is 104 Å². The van der Waals surface area contributed by atoms with Crippen molar-refractivity contribution in [3.05, 3.63) is 0 Å². The third kappa shape index (κ3) is 4.06. The molecule has 1 aliphatic carbocycles. The summed E-state index contributed by atoms with van der Waals surface area (Å²) >= 11 is 1.41. The summed E-state index contributed by atoms with van der Waals surface area (Å²) in [7, 11) is 0. The van der Waals surface area contributed by atoms with Crippen LogP contribution in [0.4, 0.5) is 39.5 Å². The van der Waals surface area contributed by atoms with Gasteiger partial charge in [-0.15, -0.1) is 0 Å². The van der Waals surface area contributed by atoms with Gasteiger partial charge in [0.05, 0.1) is 0 Å². The average Bonchev–Trinajstić information content (AvgIpc) is 2.56. The molecule has 0 nitrogen and oxygen atoms in total. The van der Waals surface area contributed by atoms with Crippen LogP contribution in [0, 0.1) is 0 Å². The van der Waals surface area contributed by atoms with Gasteiger partial charge in [0.1, 0.15) is 0 Å². The predicted molar refractivity (Wildman–Crippen MR) is 93.3 cm³/mol.